The molecular weight excluding hydrogens is 446 g/mol. The topological polar surface area (TPSA) is 150 Å². The number of nitrogens with one attached hydrogen (secondary N) is 2. The van der Waals surface area contributed by atoms with Crippen LogP contribution in [0.3, 0.4) is 0 Å². The van der Waals surface area contributed by atoms with Gasteiger partial charge < -0.3 is 15.4 Å². The Morgan fingerprint density at radius 3 is 2.61 bits per heavy atom. The van der Waals surface area contributed by atoms with Gasteiger partial charge in [-0.1, -0.05) is 24.3 Å². The summed E-state index contributed by atoms with van der Waals surface area (Å²) in [6.07, 6.45) is 1.47. The molecule has 11 heteroatoms. The first kappa shape index (κ1) is 21.6. The Kier molecular flexibility index (Phi) is 6.04. The summed E-state index contributed by atoms with van der Waals surface area (Å²) in [5.74, 6) is -1.78. The minimum atomic E-state index is -0.869. The molecule has 2 aromatic heterocycles. The van der Waals surface area contributed by atoms with Gasteiger partial charge >= 0.3 is 5.91 Å². The number of H-pyrrole nitrogens is 1. The van der Waals surface area contributed by atoms with Crippen LogP contribution in [0.5, 0.6) is 5.88 Å². The number of aromatic nitrogens is 1. The van der Waals surface area contributed by atoms with Crippen LogP contribution >= 0.6 is 11.3 Å². The molecule has 4 rings (SSSR count). The lowest BCUT2D eigenvalue weighted by atomic mass is 10.2. The molecule has 0 aliphatic carbocycles. The molecular formula is C22H15N5O5S. The molecule has 0 radical (unpaired) electrons. The van der Waals surface area contributed by atoms with Crippen LogP contribution in [-0.4, -0.2) is 26.8 Å². The number of amides is 2. The number of nitrogens with zero attached hydrogens (tertiary/aromatic N) is 3. The smallest absolute Gasteiger partial charge is 0.311 e. The number of nitro groups is 1. The molecule has 0 spiro atoms. The van der Waals surface area contributed by atoms with E-state index in [-0.39, 0.29) is 22.5 Å². The van der Waals surface area contributed by atoms with Crippen molar-refractivity contribution in [2.45, 2.75) is 0 Å². The van der Waals surface area contributed by atoms with E-state index in [9.17, 15) is 24.8 Å². The number of rotatable bonds is 6. The van der Waals surface area contributed by atoms with Crippen LogP contribution in [0, 0.1) is 10.1 Å². The van der Waals surface area contributed by atoms with E-state index in [1.54, 1.807) is 42.5 Å². The van der Waals surface area contributed by atoms with Gasteiger partial charge in [0.05, 0.1) is 10.4 Å². The van der Waals surface area contributed by atoms with E-state index < -0.39 is 22.6 Å². The van der Waals surface area contributed by atoms with Crippen molar-refractivity contribution in [1.29, 1.82) is 0 Å². The van der Waals surface area contributed by atoms with Crippen LogP contribution in [0.15, 0.2) is 82.0 Å². The average molecular weight is 461 g/mol. The normalized spacial score (nSPS) is 11.7. The van der Waals surface area contributed by atoms with E-state index >= 15 is 0 Å². The highest BCUT2D eigenvalue weighted by Gasteiger charge is 2.18. The van der Waals surface area contributed by atoms with Gasteiger partial charge in [-0.05, 0) is 35.7 Å². The minimum absolute atomic E-state index is 0.125. The van der Waals surface area contributed by atoms with E-state index in [4.69, 9.17) is 0 Å². The molecule has 33 heavy (non-hydrogen) atoms. The van der Waals surface area contributed by atoms with Crippen molar-refractivity contribution in [3.05, 3.63) is 92.3 Å². The number of carbonyl (C=O) groups is 2. The predicted molar refractivity (Wildman–Crippen MR) is 122 cm³/mol. The second-order valence-electron chi connectivity index (χ2n) is 6.71. The Balaban J connectivity index is 1.66. The Hall–Kier alpha value is -4.64. The highest BCUT2D eigenvalue weighted by Crippen LogP contribution is 2.37. The average Bonchev–Trinajstić information content (AvgIpc) is 3.43. The van der Waals surface area contributed by atoms with Crippen LogP contribution in [0.25, 0.3) is 17.0 Å². The zero-order chi connectivity index (χ0) is 23.4. The van der Waals surface area contributed by atoms with Crippen LogP contribution in [0.1, 0.15) is 15.2 Å². The molecule has 3 N–H and O–H groups in total. The maximum absolute atomic E-state index is 12.8. The summed E-state index contributed by atoms with van der Waals surface area (Å²) in [5.41, 5.74) is 0.261. The first-order chi connectivity index (χ1) is 15.9. The van der Waals surface area contributed by atoms with Crippen LogP contribution in [0.4, 0.5) is 11.4 Å². The van der Waals surface area contributed by atoms with E-state index in [0.717, 1.165) is 0 Å². The number of carbonyl (C=O) groups excluding carboxylic acids is 2. The second-order valence-corrected chi connectivity index (χ2v) is 7.69. The second kappa shape index (κ2) is 9.24. The van der Waals surface area contributed by atoms with E-state index in [2.05, 4.69) is 20.5 Å². The first-order valence-corrected chi connectivity index (χ1v) is 10.4. The third kappa shape index (κ3) is 4.83. The molecule has 2 aromatic carbocycles. The van der Waals surface area contributed by atoms with Gasteiger partial charge in [-0.3, -0.25) is 19.7 Å². The zero-order valence-electron chi connectivity index (χ0n) is 16.8. The highest BCUT2D eigenvalue weighted by molar-refractivity contribution is 7.10. The SMILES string of the molecule is O=C(N=Nc1c(O)[nH]c2ccc([N+](=O)[O-])cc12)/C(=C\c1cccs1)NC(=O)c1ccccc1. The summed E-state index contributed by atoms with van der Waals surface area (Å²) in [7, 11) is 0. The van der Waals surface area contributed by atoms with Crippen LogP contribution < -0.4 is 5.32 Å². The van der Waals surface area contributed by atoms with Crippen molar-refractivity contribution in [2.24, 2.45) is 10.2 Å². The molecule has 0 bridgehead atoms. The summed E-state index contributed by atoms with van der Waals surface area (Å²) < 4.78 is 0. The maximum atomic E-state index is 12.8. The zero-order valence-corrected chi connectivity index (χ0v) is 17.6. The number of aromatic amines is 1. The van der Waals surface area contributed by atoms with Crippen molar-refractivity contribution in [2.75, 3.05) is 0 Å². The standard InChI is InChI=1S/C22H15N5O5S/c28-20(13-5-2-1-3-6-13)24-18(12-15-7-4-10-33-15)21(29)26-25-19-16-11-14(27(31)32)8-9-17(16)23-22(19)30/h1-12,23,30H,(H,24,28)/b18-12+,26-25?. The Labute approximate surface area is 190 Å². The molecule has 10 nitrogen and oxygen atoms in total. The lowest BCUT2D eigenvalue weighted by Gasteiger charge is -2.06. The summed E-state index contributed by atoms with van der Waals surface area (Å²) in [6, 6.07) is 15.8. The maximum Gasteiger partial charge on any atom is 0.311 e. The molecule has 4 aromatic rings. The lowest BCUT2D eigenvalue weighted by Crippen LogP contribution is -2.26. The number of non-ortho nitro benzene ring substituents is 1. The van der Waals surface area contributed by atoms with Gasteiger partial charge in [0.25, 0.3) is 11.6 Å². The molecule has 0 saturated heterocycles. The molecule has 0 unspecified atom stereocenters. The molecule has 2 heterocycles. The quantitative estimate of drug-likeness (QED) is 0.161. The third-order valence-corrected chi connectivity index (χ3v) is 5.35. The van der Waals surface area contributed by atoms with E-state index in [1.807, 2.05) is 5.38 Å². The summed E-state index contributed by atoms with van der Waals surface area (Å²) in [5, 5.41) is 33.2. The summed E-state index contributed by atoms with van der Waals surface area (Å²) >= 11 is 1.35. The van der Waals surface area contributed by atoms with Crippen molar-refractivity contribution in [3.8, 4) is 5.88 Å². The highest BCUT2D eigenvalue weighted by atomic mass is 32.1. The van der Waals surface area contributed by atoms with Crippen molar-refractivity contribution < 1.29 is 19.6 Å². The number of benzene rings is 2. The van der Waals surface area contributed by atoms with E-state index in [0.29, 0.717) is 16.0 Å². The molecule has 0 atom stereocenters. The number of hydrogen-bond acceptors (Lipinski definition) is 7. The van der Waals surface area contributed by atoms with Crippen LogP contribution in [-0.2, 0) is 4.79 Å². The number of thiophene rings is 1. The molecule has 0 aliphatic rings. The largest absolute Gasteiger partial charge is 0.493 e. The van der Waals surface area contributed by atoms with Gasteiger partial charge in [0.1, 0.15) is 5.70 Å². The fourth-order valence-corrected chi connectivity index (χ4v) is 3.62. The van der Waals surface area contributed by atoms with Crippen LogP contribution in [0.2, 0.25) is 0 Å². The van der Waals surface area contributed by atoms with Gasteiger partial charge in [-0.2, -0.15) is 0 Å². The molecule has 0 fully saturated rings. The van der Waals surface area contributed by atoms with Gasteiger partial charge in [0.15, 0.2) is 5.69 Å². The molecule has 2 amide bonds. The number of fused-ring (bicyclic) bond motifs is 1. The number of azo groups is 1. The van der Waals surface area contributed by atoms with E-state index in [1.165, 1.54) is 35.6 Å². The predicted octanol–water partition coefficient (Wildman–Crippen LogP) is 4.92. The molecule has 0 saturated carbocycles. The Morgan fingerprint density at radius 1 is 1.12 bits per heavy atom. The number of nitro benzene ring substituents is 1. The Bertz CT molecular complexity index is 1410. The molecule has 164 valence electrons. The third-order valence-electron chi connectivity index (χ3n) is 4.53. The first-order valence-electron chi connectivity index (χ1n) is 9.49. The Morgan fingerprint density at radius 2 is 1.91 bits per heavy atom. The summed E-state index contributed by atoms with van der Waals surface area (Å²) in [6.45, 7) is 0. The van der Waals surface area contributed by atoms with Gasteiger partial charge in [-0.15, -0.1) is 21.6 Å². The number of aromatic hydroxyl groups is 1. The lowest BCUT2D eigenvalue weighted by molar-refractivity contribution is -0.384. The monoisotopic (exact) mass is 461 g/mol. The minimum Gasteiger partial charge on any atom is -0.493 e. The van der Waals surface area contributed by atoms with Gasteiger partial charge in [-0.25, -0.2) is 0 Å². The fourth-order valence-electron chi connectivity index (χ4n) is 2.97. The number of hydrogen-bond donors (Lipinski definition) is 3. The fraction of sp³-hybridized carbons (Fsp3) is 0. The van der Waals surface area contributed by atoms with Gasteiger partial charge in [0, 0.05) is 28.0 Å². The van der Waals surface area contributed by atoms with Crippen molar-refractivity contribution in [3.63, 3.8) is 0 Å². The van der Waals surface area contributed by atoms with Crippen molar-refractivity contribution in [1.82, 2.24) is 10.3 Å². The summed E-state index contributed by atoms with van der Waals surface area (Å²) in [4.78, 5) is 39.2. The van der Waals surface area contributed by atoms with Crippen molar-refractivity contribution >= 4 is 51.5 Å². The molecule has 0 aliphatic heterocycles. The van der Waals surface area contributed by atoms with Gasteiger partial charge in [0.2, 0.25) is 5.88 Å².